The van der Waals surface area contributed by atoms with Crippen LogP contribution in [0.1, 0.15) is 39.5 Å². The Morgan fingerprint density at radius 2 is 2.11 bits per heavy atom. The van der Waals surface area contributed by atoms with Crippen molar-refractivity contribution in [1.29, 1.82) is 0 Å². The van der Waals surface area contributed by atoms with Gasteiger partial charge in [0.15, 0.2) is 11.6 Å². The summed E-state index contributed by atoms with van der Waals surface area (Å²) in [4.78, 5) is 6.50. The van der Waals surface area contributed by atoms with E-state index in [1.807, 2.05) is 33.0 Å². The second kappa shape index (κ2) is 6.24. The van der Waals surface area contributed by atoms with Crippen molar-refractivity contribution in [2.75, 3.05) is 11.9 Å². The number of hydrogen-bond donors (Lipinski definition) is 1. The minimum atomic E-state index is -0.271. The Kier molecular flexibility index (Phi) is 4.64. The lowest BCUT2D eigenvalue weighted by Crippen LogP contribution is -2.44. The van der Waals surface area contributed by atoms with Gasteiger partial charge >= 0.3 is 0 Å². The number of pyridine rings is 1. The molecule has 1 fully saturated rings. The third-order valence-electron chi connectivity index (χ3n) is 3.64. The zero-order chi connectivity index (χ0) is 13.8. The van der Waals surface area contributed by atoms with Gasteiger partial charge in [-0.2, -0.15) is 0 Å². The van der Waals surface area contributed by atoms with E-state index in [0.717, 1.165) is 30.8 Å². The van der Waals surface area contributed by atoms with Gasteiger partial charge < -0.3 is 14.7 Å². The van der Waals surface area contributed by atoms with Crippen molar-refractivity contribution in [1.82, 2.24) is 4.98 Å². The van der Waals surface area contributed by atoms with E-state index in [1.54, 1.807) is 6.20 Å². The topological polar surface area (TPSA) is 45.6 Å². The van der Waals surface area contributed by atoms with Crippen LogP contribution in [0.5, 0.6) is 5.75 Å². The maximum atomic E-state index is 10.2. The summed E-state index contributed by atoms with van der Waals surface area (Å²) in [7, 11) is 1.99. The highest BCUT2D eigenvalue weighted by atomic mass is 16.5. The van der Waals surface area contributed by atoms with Crippen LogP contribution in [-0.4, -0.2) is 35.4 Å². The number of rotatable bonds is 4. The van der Waals surface area contributed by atoms with Crippen LogP contribution in [0.15, 0.2) is 18.3 Å². The fraction of sp³-hybridized carbons (Fsp3) is 0.667. The largest absolute Gasteiger partial charge is 0.487 e. The zero-order valence-electron chi connectivity index (χ0n) is 12.0. The molecule has 0 saturated heterocycles. The van der Waals surface area contributed by atoms with Gasteiger partial charge in [0.1, 0.15) is 0 Å². The van der Waals surface area contributed by atoms with Crippen molar-refractivity contribution in [2.45, 2.75) is 57.8 Å². The van der Waals surface area contributed by atoms with Gasteiger partial charge in [0.05, 0.1) is 18.2 Å². The predicted molar refractivity (Wildman–Crippen MR) is 76.7 cm³/mol. The van der Waals surface area contributed by atoms with E-state index < -0.39 is 0 Å². The Morgan fingerprint density at radius 3 is 2.79 bits per heavy atom. The van der Waals surface area contributed by atoms with Crippen LogP contribution in [0.25, 0.3) is 0 Å². The number of aliphatic hydroxyl groups excluding tert-OH is 1. The molecule has 1 N–H and O–H groups in total. The lowest BCUT2D eigenvalue weighted by molar-refractivity contribution is 0.105. The number of hydrogen-bond acceptors (Lipinski definition) is 4. The summed E-state index contributed by atoms with van der Waals surface area (Å²) >= 11 is 0. The maximum Gasteiger partial charge on any atom is 0.171 e. The highest BCUT2D eigenvalue weighted by molar-refractivity contribution is 5.52. The molecule has 4 nitrogen and oxygen atoms in total. The summed E-state index contributed by atoms with van der Waals surface area (Å²) in [5.41, 5.74) is 0. The standard InChI is InChI=1S/C15H24N2O2/c1-11(2)19-14-9-6-10-16-15(14)17(3)12-7-4-5-8-13(12)18/h6,9-13,18H,4-5,7-8H2,1-3H3. The molecule has 1 saturated carbocycles. The highest BCUT2D eigenvalue weighted by Gasteiger charge is 2.28. The normalized spacial score (nSPS) is 23.4. The molecule has 0 amide bonds. The molecule has 2 atom stereocenters. The molecule has 2 rings (SSSR count). The maximum absolute atomic E-state index is 10.2. The number of likely N-dealkylation sites (N-methyl/N-ethyl adjacent to an activating group) is 1. The highest BCUT2D eigenvalue weighted by Crippen LogP contribution is 2.31. The van der Waals surface area contributed by atoms with Gasteiger partial charge in [-0.3, -0.25) is 0 Å². The molecular formula is C15H24N2O2. The third-order valence-corrected chi connectivity index (χ3v) is 3.64. The number of aromatic nitrogens is 1. The van der Waals surface area contributed by atoms with Crippen LogP contribution in [0.2, 0.25) is 0 Å². The van der Waals surface area contributed by atoms with Crippen LogP contribution in [-0.2, 0) is 0 Å². The molecule has 106 valence electrons. The van der Waals surface area contributed by atoms with Gasteiger partial charge in [-0.05, 0) is 38.8 Å². The summed E-state index contributed by atoms with van der Waals surface area (Å²) in [5.74, 6) is 1.61. The van der Waals surface area contributed by atoms with Gasteiger partial charge in [-0.15, -0.1) is 0 Å². The third kappa shape index (κ3) is 3.38. The van der Waals surface area contributed by atoms with Gasteiger partial charge in [-0.25, -0.2) is 4.98 Å². The predicted octanol–water partition coefficient (Wildman–Crippen LogP) is 2.61. The second-order valence-electron chi connectivity index (χ2n) is 5.52. The van der Waals surface area contributed by atoms with E-state index in [1.165, 1.54) is 6.42 Å². The molecule has 19 heavy (non-hydrogen) atoms. The molecule has 0 spiro atoms. The number of anilines is 1. The Hall–Kier alpha value is -1.29. The lowest BCUT2D eigenvalue weighted by Gasteiger charge is -2.36. The van der Waals surface area contributed by atoms with Gasteiger partial charge in [0, 0.05) is 13.2 Å². The van der Waals surface area contributed by atoms with Crippen LogP contribution in [0.4, 0.5) is 5.82 Å². The fourth-order valence-corrected chi connectivity index (χ4v) is 2.69. The van der Waals surface area contributed by atoms with E-state index in [4.69, 9.17) is 4.74 Å². The second-order valence-corrected chi connectivity index (χ2v) is 5.52. The fourth-order valence-electron chi connectivity index (χ4n) is 2.69. The van der Waals surface area contributed by atoms with E-state index in [9.17, 15) is 5.11 Å². The number of aliphatic hydroxyl groups is 1. The van der Waals surface area contributed by atoms with E-state index in [-0.39, 0.29) is 18.2 Å². The summed E-state index contributed by atoms with van der Waals surface area (Å²) in [6.07, 6.45) is 5.79. The summed E-state index contributed by atoms with van der Waals surface area (Å²) in [6, 6.07) is 3.96. The van der Waals surface area contributed by atoms with Crippen LogP contribution >= 0.6 is 0 Å². The summed E-state index contributed by atoms with van der Waals surface area (Å²) in [5, 5.41) is 10.2. The first kappa shape index (κ1) is 14.1. The molecule has 1 aromatic heterocycles. The summed E-state index contributed by atoms with van der Waals surface area (Å²) < 4.78 is 5.81. The molecule has 1 aliphatic rings. The number of ether oxygens (including phenoxy) is 1. The van der Waals surface area contributed by atoms with Crippen LogP contribution in [0.3, 0.4) is 0 Å². The molecule has 2 unspecified atom stereocenters. The minimum Gasteiger partial charge on any atom is -0.487 e. The minimum absolute atomic E-state index is 0.118. The van der Waals surface area contributed by atoms with Crippen LogP contribution < -0.4 is 9.64 Å². The van der Waals surface area contributed by atoms with Crippen molar-refractivity contribution >= 4 is 5.82 Å². The van der Waals surface area contributed by atoms with Crippen molar-refractivity contribution in [3.63, 3.8) is 0 Å². The average molecular weight is 264 g/mol. The molecule has 4 heteroatoms. The lowest BCUT2D eigenvalue weighted by atomic mass is 9.91. The van der Waals surface area contributed by atoms with Gasteiger partial charge in [-0.1, -0.05) is 12.8 Å². The average Bonchev–Trinajstić information content (AvgIpc) is 2.38. The molecule has 1 heterocycles. The Labute approximate surface area is 115 Å². The van der Waals surface area contributed by atoms with Crippen molar-refractivity contribution in [2.24, 2.45) is 0 Å². The Morgan fingerprint density at radius 1 is 1.37 bits per heavy atom. The molecule has 1 aliphatic carbocycles. The molecular weight excluding hydrogens is 240 g/mol. The number of nitrogens with zero attached hydrogens (tertiary/aromatic N) is 2. The van der Waals surface area contributed by atoms with E-state index in [2.05, 4.69) is 9.88 Å². The molecule has 0 aliphatic heterocycles. The van der Waals surface area contributed by atoms with Crippen molar-refractivity contribution < 1.29 is 9.84 Å². The summed E-state index contributed by atoms with van der Waals surface area (Å²) in [6.45, 7) is 4.01. The van der Waals surface area contributed by atoms with Crippen molar-refractivity contribution in [3.8, 4) is 5.75 Å². The van der Waals surface area contributed by atoms with E-state index in [0.29, 0.717) is 0 Å². The first-order valence-electron chi connectivity index (χ1n) is 7.12. The quantitative estimate of drug-likeness (QED) is 0.908. The van der Waals surface area contributed by atoms with Gasteiger partial charge in [0.2, 0.25) is 0 Å². The monoisotopic (exact) mass is 264 g/mol. The van der Waals surface area contributed by atoms with Crippen LogP contribution in [0, 0.1) is 0 Å². The Bertz CT molecular complexity index is 409. The smallest absolute Gasteiger partial charge is 0.171 e. The molecule has 0 aromatic carbocycles. The molecule has 1 aromatic rings. The molecule has 0 radical (unpaired) electrons. The van der Waals surface area contributed by atoms with Crippen molar-refractivity contribution in [3.05, 3.63) is 18.3 Å². The SMILES string of the molecule is CC(C)Oc1cccnc1N(C)C1CCCCC1O. The van der Waals surface area contributed by atoms with E-state index >= 15 is 0 Å². The first-order valence-corrected chi connectivity index (χ1v) is 7.12. The molecule has 0 bridgehead atoms. The Balaban J connectivity index is 2.20. The van der Waals surface area contributed by atoms with Gasteiger partial charge in [0.25, 0.3) is 0 Å². The first-order chi connectivity index (χ1) is 9.09. The zero-order valence-corrected chi connectivity index (χ0v) is 12.0.